The van der Waals surface area contributed by atoms with Crippen molar-refractivity contribution in [1.82, 2.24) is 5.09 Å². The standard InChI is InChI=1S/C4H11Br2N2O3P/c5-1-3-8-12(9,11-7)10-4-2-6/h1-4,7H2,(H,8,9). The Morgan fingerprint density at radius 3 is 2.50 bits per heavy atom. The number of nitrogens with two attached hydrogens (primary N) is 1. The first kappa shape index (κ1) is 13.0. The van der Waals surface area contributed by atoms with E-state index in [2.05, 4.69) is 41.6 Å². The third kappa shape index (κ3) is 5.64. The summed E-state index contributed by atoms with van der Waals surface area (Å²) in [7, 11) is -3.27. The Kier molecular flexibility index (Phi) is 8.07. The normalized spacial score (nSPS) is 15.9. The minimum atomic E-state index is -3.27. The SMILES string of the molecule is NOP(=O)(NCCBr)OCCBr. The van der Waals surface area contributed by atoms with E-state index in [1.54, 1.807) is 0 Å². The second kappa shape index (κ2) is 7.44. The number of hydrogen-bond acceptors (Lipinski definition) is 4. The smallest absolute Gasteiger partial charge is 0.295 e. The molecule has 0 aromatic carbocycles. The van der Waals surface area contributed by atoms with Gasteiger partial charge in [-0.25, -0.2) is 20.2 Å². The maximum absolute atomic E-state index is 11.4. The van der Waals surface area contributed by atoms with Gasteiger partial charge in [0.15, 0.2) is 0 Å². The van der Waals surface area contributed by atoms with Gasteiger partial charge >= 0.3 is 7.75 Å². The molecule has 12 heavy (non-hydrogen) atoms. The quantitative estimate of drug-likeness (QED) is 0.420. The highest BCUT2D eigenvalue weighted by Crippen LogP contribution is 2.40. The van der Waals surface area contributed by atoms with E-state index < -0.39 is 7.75 Å². The van der Waals surface area contributed by atoms with Crippen molar-refractivity contribution in [2.75, 3.05) is 23.8 Å². The van der Waals surface area contributed by atoms with Crippen molar-refractivity contribution >= 4 is 39.6 Å². The molecule has 0 aliphatic rings. The number of hydrogen-bond donors (Lipinski definition) is 2. The van der Waals surface area contributed by atoms with E-state index in [-0.39, 0.29) is 6.61 Å². The van der Waals surface area contributed by atoms with Crippen LogP contribution in [0.4, 0.5) is 0 Å². The van der Waals surface area contributed by atoms with Crippen molar-refractivity contribution in [1.29, 1.82) is 0 Å². The molecule has 0 amide bonds. The molecule has 0 fully saturated rings. The Morgan fingerprint density at radius 2 is 2.08 bits per heavy atom. The largest absolute Gasteiger partial charge is 0.421 e. The van der Waals surface area contributed by atoms with Gasteiger partial charge in [-0.2, -0.15) is 0 Å². The highest BCUT2D eigenvalue weighted by atomic mass is 79.9. The average Bonchev–Trinajstić information content (AvgIpc) is 2.11. The Bertz CT molecular complexity index is 147. The third-order valence-corrected chi connectivity index (χ3v) is 3.01. The maximum atomic E-state index is 11.4. The molecule has 1 unspecified atom stereocenters. The van der Waals surface area contributed by atoms with Crippen LogP contribution in [0.3, 0.4) is 0 Å². The molecule has 0 aliphatic carbocycles. The fraction of sp³-hybridized carbons (Fsp3) is 1.00. The summed E-state index contributed by atoms with van der Waals surface area (Å²) in [4.78, 5) is 0. The number of alkyl halides is 2. The molecule has 3 N–H and O–H groups in total. The summed E-state index contributed by atoms with van der Waals surface area (Å²) < 4.78 is 20.5. The fourth-order valence-electron chi connectivity index (χ4n) is 0.447. The van der Waals surface area contributed by atoms with Crippen LogP contribution in [0, 0.1) is 0 Å². The number of nitrogens with one attached hydrogen (secondary N) is 1. The van der Waals surface area contributed by atoms with Gasteiger partial charge < -0.3 is 0 Å². The van der Waals surface area contributed by atoms with Gasteiger partial charge in [0.25, 0.3) is 0 Å². The van der Waals surface area contributed by atoms with Gasteiger partial charge in [0.1, 0.15) is 0 Å². The molecule has 0 aromatic rings. The van der Waals surface area contributed by atoms with Crippen LogP contribution in [0.1, 0.15) is 0 Å². The van der Waals surface area contributed by atoms with E-state index in [0.717, 1.165) is 0 Å². The van der Waals surface area contributed by atoms with Crippen molar-refractivity contribution < 1.29 is 13.7 Å². The molecule has 0 rings (SSSR count). The second-order valence-electron chi connectivity index (χ2n) is 1.72. The van der Waals surface area contributed by atoms with Gasteiger partial charge in [0.05, 0.1) is 6.61 Å². The van der Waals surface area contributed by atoms with Gasteiger partial charge in [0, 0.05) is 17.2 Å². The zero-order valence-corrected chi connectivity index (χ0v) is 10.4. The molecule has 0 spiro atoms. The first-order valence-electron chi connectivity index (χ1n) is 3.18. The fourth-order valence-corrected chi connectivity index (χ4v) is 2.31. The molecule has 8 heteroatoms. The van der Waals surface area contributed by atoms with Crippen molar-refractivity contribution in [2.45, 2.75) is 0 Å². The summed E-state index contributed by atoms with van der Waals surface area (Å²) in [6.45, 7) is 0.751. The molecule has 0 bridgehead atoms. The topological polar surface area (TPSA) is 73.6 Å². The third-order valence-electron chi connectivity index (χ3n) is 0.877. The minimum absolute atomic E-state index is 0.282. The van der Waals surface area contributed by atoms with E-state index in [0.29, 0.717) is 17.2 Å². The van der Waals surface area contributed by atoms with E-state index in [4.69, 9.17) is 10.4 Å². The van der Waals surface area contributed by atoms with Crippen molar-refractivity contribution in [2.24, 2.45) is 5.90 Å². The lowest BCUT2D eigenvalue weighted by atomic mass is 10.8. The maximum Gasteiger partial charge on any atom is 0.421 e. The van der Waals surface area contributed by atoms with E-state index in [1.165, 1.54) is 0 Å². The molecular weight excluding hydrogens is 315 g/mol. The van der Waals surface area contributed by atoms with Gasteiger partial charge in [-0.1, -0.05) is 31.9 Å². The molecule has 0 heterocycles. The Balaban J connectivity index is 3.79. The Morgan fingerprint density at radius 1 is 1.42 bits per heavy atom. The van der Waals surface area contributed by atoms with Gasteiger partial charge in [-0.3, -0.25) is 4.52 Å². The lowest BCUT2D eigenvalue weighted by Gasteiger charge is -2.14. The zero-order chi connectivity index (χ0) is 9.45. The first-order valence-corrected chi connectivity index (χ1v) is 6.97. The second-order valence-corrected chi connectivity index (χ2v) is 5.09. The highest BCUT2D eigenvalue weighted by Gasteiger charge is 2.21. The summed E-state index contributed by atoms with van der Waals surface area (Å²) in [6, 6.07) is 0. The van der Waals surface area contributed by atoms with E-state index in [1.807, 2.05) is 0 Å². The van der Waals surface area contributed by atoms with Crippen LogP contribution < -0.4 is 11.0 Å². The predicted molar refractivity (Wildman–Crippen MR) is 54.4 cm³/mol. The summed E-state index contributed by atoms with van der Waals surface area (Å²) >= 11 is 6.27. The predicted octanol–water partition coefficient (Wildman–Crippen LogP) is 1.38. The lowest BCUT2D eigenvalue weighted by molar-refractivity contribution is 0.209. The van der Waals surface area contributed by atoms with Crippen LogP contribution in [-0.4, -0.2) is 23.8 Å². The van der Waals surface area contributed by atoms with Crippen molar-refractivity contribution in [3.63, 3.8) is 0 Å². The van der Waals surface area contributed by atoms with Gasteiger partial charge in [0.2, 0.25) is 0 Å². The molecular formula is C4H11Br2N2O3P. The molecule has 0 aromatic heterocycles. The van der Waals surface area contributed by atoms with Crippen LogP contribution >= 0.6 is 39.6 Å². The number of rotatable bonds is 7. The molecule has 0 saturated heterocycles. The van der Waals surface area contributed by atoms with Crippen LogP contribution in [0.15, 0.2) is 0 Å². The molecule has 0 saturated carbocycles. The highest BCUT2D eigenvalue weighted by molar-refractivity contribution is 9.09. The summed E-state index contributed by atoms with van der Waals surface area (Å²) in [5.74, 6) is 4.81. The lowest BCUT2D eigenvalue weighted by Crippen LogP contribution is -2.19. The Labute approximate surface area is 88.2 Å². The van der Waals surface area contributed by atoms with Crippen LogP contribution in [0.2, 0.25) is 0 Å². The monoisotopic (exact) mass is 324 g/mol. The molecule has 0 aliphatic heterocycles. The van der Waals surface area contributed by atoms with Gasteiger partial charge in [-0.15, -0.1) is 0 Å². The van der Waals surface area contributed by atoms with E-state index in [9.17, 15) is 4.57 Å². The molecule has 1 atom stereocenters. The van der Waals surface area contributed by atoms with Gasteiger partial charge in [-0.05, 0) is 0 Å². The number of halogens is 2. The van der Waals surface area contributed by atoms with Crippen molar-refractivity contribution in [3.05, 3.63) is 0 Å². The summed E-state index contributed by atoms with van der Waals surface area (Å²) in [6.07, 6.45) is 0. The van der Waals surface area contributed by atoms with Crippen molar-refractivity contribution in [3.8, 4) is 0 Å². The first-order chi connectivity index (χ1) is 5.68. The van der Waals surface area contributed by atoms with E-state index >= 15 is 0 Å². The van der Waals surface area contributed by atoms with Crippen LogP contribution in [-0.2, 0) is 13.7 Å². The molecule has 74 valence electrons. The Hall–Kier alpha value is 1.03. The zero-order valence-electron chi connectivity index (χ0n) is 6.33. The van der Waals surface area contributed by atoms with Crippen LogP contribution in [0.5, 0.6) is 0 Å². The summed E-state index contributed by atoms with van der Waals surface area (Å²) in [5, 5.41) is 3.78. The minimum Gasteiger partial charge on any atom is -0.295 e. The summed E-state index contributed by atoms with van der Waals surface area (Å²) in [5.41, 5.74) is 0. The molecule has 0 radical (unpaired) electrons. The van der Waals surface area contributed by atoms with Crippen LogP contribution in [0.25, 0.3) is 0 Å². The molecule has 5 nitrogen and oxygen atoms in total. The average molecular weight is 326 g/mol.